The average Bonchev–Trinajstić information content (AvgIpc) is 2.33. The van der Waals surface area contributed by atoms with Crippen molar-refractivity contribution in [2.45, 2.75) is 44.0 Å². The molecule has 3 atom stereocenters. The number of benzene rings is 1. The highest BCUT2D eigenvalue weighted by Gasteiger charge is 2.29. The highest BCUT2D eigenvalue weighted by Crippen LogP contribution is 2.30. The number of anilines is 1. The summed E-state index contributed by atoms with van der Waals surface area (Å²) in [5.41, 5.74) is 6.05. The van der Waals surface area contributed by atoms with E-state index in [2.05, 4.69) is 18.6 Å². The van der Waals surface area contributed by atoms with E-state index in [1.54, 1.807) is 24.3 Å². The van der Waals surface area contributed by atoms with Crippen LogP contribution in [0.25, 0.3) is 0 Å². The molecule has 5 heteroatoms. The summed E-state index contributed by atoms with van der Waals surface area (Å²) < 4.78 is 27.5. The van der Waals surface area contributed by atoms with Crippen molar-refractivity contribution in [1.29, 1.82) is 0 Å². The topological polar surface area (TPSA) is 72.2 Å². The fourth-order valence-corrected chi connectivity index (χ4v) is 4.34. The molecule has 4 nitrogen and oxygen atoms in total. The molecule has 106 valence electrons. The fraction of sp³-hybridized carbons (Fsp3) is 0.571. The SMILES string of the molecule is CC1CCC(NS(=O)(=O)c2ccccc2N)C(C)C1. The Bertz CT molecular complexity index is 542. The number of nitrogen functional groups attached to an aromatic ring is 1. The Morgan fingerprint density at radius 1 is 1.21 bits per heavy atom. The summed E-state index contributed by atoms with van der Waals surface area (Å²) in [4.78, 5) is 0.181. The molecule has 3 N–H and O–H groups in total. The largest absolute Gasteiger partial charge is 0.398 e. The van der Waals surface area contributed by atoms with Crippen LogP contribution in [0.2, 0.25) is 0 Å². The highest BCUT2D eigenvalue weighted by atomic mass is 32.2. The van der Waals surface area contributed by atoms with Crippen molar-refractivity contribution >= 4 is 15.7 Å². The zero-order valence-corrected chi connectivity index (χ0v) is 12.3. The Balaban J connectivity index is 2.16. The third-order valence-corrected chi connectivity index (χ3v) is 5.51. The smallest absolute Gasteiger partial charge is 0.242 e. The number of rotatable bonds is 3. The lowest BCUT2D eigenvalue weighted by Crippen LogP contribution is -2.42. The summed E-state index contributed by atoms with van der Waals surface area (Å²) in [6, 6.07) is 6.60. The van der Waals surface area contributed by atoms with Gasteiger partial charge in [0.2, 0.25) is 10.0 Å². The van der Waals surface area contributed by atoms with Gasteiger partial charge in [0.25, 0.3) is 0 Å². The maximum absolute atomic E-state index is 12.4. The van der Waals surface area contributed by atoms with Crippen LogP contribution in [0.4, 0.5) is 5.69 Å². The second-order valence-corrected chi connectivity index (χ2v) is 7.34. The van der Waals surface area contributed by atoms with Crippen molar-refractivity contribution in [3.8, 4) is 0 Å². The maximum Gasteiger partial charge on any atom is 0.242 e. The van der Waals surface area contributed by atoms with Crippen LogP contribution in [0, 0.1) is 11.8 Å². The van der Waals surface area contributed by atoms with E-state index in [9.17, 15) is 8.42 Å². The molecule has 0 amide bonds. The number of para-hydroxylation sites is 1. The lowest BCUT2D eigenvalue weighted by Gasteiger charge is -2.32. The Morgan fingerprint density at radius 3 is 2.53 bits per heavy atom. The minimum atomic E-state index is -3.52. The maximum atomic E-state index is 12.4. The minimum Gasteiger partial charge on any atom is -0.398 e. The molecule has 2 rings (SSSR count). The molecule has 0 radical (unpaired) electrons. The molecule has 1 saturated carbocycles. The predicted molar refractivity (Wildman–Crippen MR) is 77.1 cm³/mol. The van der Waals surface area contributed by atoms with Gasteiger partial charge in [-0.1, -0.05) is 26.0 Å². The van der Waals surface area contributed by atoms with E-state index >= 15 is 0 Å². The molecule has 0 aromatic heterocycles. The lowest BCUT2D eigenvalue weighted by atomic mass is 9.80. The van der Waals surface area contributed by atoms with Crippen LogP contribution in [0.3, 0.4) is 0 Å². The van der Waals surface area contributed by atoms with E-state index in [0.29, 0.717) is 17.5 Å². The van der Waals surface area contributed by atoms with Gasteiger partial charge in [0, 0.05) is 6.04 Å². The molecule has 0 spiro atoms. The first kappa shape index (κ1) is 14.3. The van der Waals surface area contributed by atoms with Gasteiger partial charge in [-0.25, -0.2) is 13.1 Å². The molecular weight excluding hydrogens is 260 g/mol. The second kappa shape index (κ2) is 5.51. The summed E-state index contributed by atoms with van der Waals surface area (Å²) in [5, 5.41) is 0. The predicted octanol–water partition coefficient (Wildman–Crippen LogP) is 2.37. The Kier molecular flexibility index (Phi) is 4.16. The van der Waals surface area contributed by atoms with Crippen molar-refractivity contribution < 1.29 is 8.42 Å². The molecule has 1 aromatic carbocycles. The van der Waals surface area contributed by atoms with Crippen molar-refractivity contribution in [1.82, 2.24) is 4.72 Å². The van der Waals surface area contributed by atoms with Gasteiger partial charge in [0.15, 0.2) is 0 Å². The molecule has 1 aliphatic rings. The van der Waals surface area contributed by atoms with Crippen LogP contribution < -0.4 is 10.5 Å². The molecule has 0 bridgehead atoms. The normalized spacial score (nSPS) is 28.2. The van der Waals surface area contributed by atoms with E-state index < -0.39 is 10.0 Å². The van der Waals surface area contributed by atoms with Gasteiger partial charge in [-0.2, -0.15) is 0 Å². The number of sulfonamides is 1. The Hall–Kier alpha value is -1.07. The molecule has 0 saturated heterocycles. The highest BCUT2D eigenvalue weighted by molar-refractivity contribution is 7.89. The molecular formula is C14H22N2O2S. The zero-order chi connectivity index (χ0) is 14.0. The number of nitrogens with two attached hydrogens (primary N) is 1. The van der Waals surface area contributed by atoms with E-state index in [1.807, 2.05) is 0 Å². The molecule has 1 aromatic rings. The molecule has 1 aliphatic carbocycles. The third kappa shape index (κ3) is 3.28. The van der Waals surface area contributed by atoms with Gasteiger partial charge >= 0.3 is 0 Å². The van der Waals surface area contributed by atoms with E-state index in [0.717, 1.165) is 19.3 Å². The first-order valence-corrected chi connectivity index (χ1v) is 8.25. The minimum absolute atomic E-state index is 0.0146. The summed E-state index contributed by atoms with van der Waals surface area (Å²) in [6.45, 7) is 4.33. The Labute approximate surface area is 115 Å². The van der Waals surface area contributed by atoms with E-state index in [-0.39, 0.29) is 10.9 Å². The standard InChI is InChI=1S/C14H22N2O2S/c1-10-7-8-13(11(2)9-10)16-19(17,18)14-6-4-3-5-12(14)15/h3-6,10-11,13,16H,7-9,15H2,1-2H3. The number of hydrogen-bond acceptors (Lipinski definition) is 3. The van der Waals surface area contributed by atoms with Gasteiger partial charge < -0.3 is 5.73 Å². The van der Waals surface area contributed by atoms with Gasteiger partial charge in [-0.05, 0) is 43.2 Å². The molecule has 19 heavy (non-hydrogen) atoms. The molecule has 0 aliphatic heterocycles. The zero-order valence-electron chi connectivity index (χ0n) is 11.5. The van der Waals surface area contributed by atoms with Crippen LogP contribution >= 0.6 is 0 Å². The van der Waals surface area contributed by atoms with Crippen molar-refractivity contribution in [2.75, 3.05) is 5.73 Å². The van der Waals surface area contributed by atoms with E-state index in [4.69, 9.17) is 5.73 Å². The molecule has 0 heterocycles. The monoisotopic (exact) mass is 282 g/mol. The van der Waals surface area contributed by atoms with Gasteiger partial charge in [0.1, 0.15) is 4.90 Å². The molecule has 1 fully saturated rings. The van der Waals surface area contributed by atoms with Crippen LogP contribution in [-0.4, -0.2) is 14.5 Å². The van der Waals surface area contributed by atoms with Crippen LogP contribution in [0.5, 0.6) is 0 Å². The van der Waals surface area contributed by atoms with Crippen molar-refractivity contribution in [2.24, 2.45) is 11.8 Å². The number of hydrogen-bond donors (Lipinski definition) is 2. The van der Waals surface area contributed by atoms with Crippen LogP contribution in [0.1, 0.15) is 33.1 Å². The van der Waals surface area contributed by atoms with Crippen molar-refractivity contribution in [3.63, 3.8) is 0 Å². The van der Waals surface area contributed by atoms with E-state index in [1.165, 1.54) is 0 Å². The van der Waals surface area contributed by atoms with Gasteiger partial charge in [0.05, 0.1) is 5.69 Å². The fourth-order valence-electron chi connectivity index (χ4n) is 2.83. The lowest BCUT2D eigenvalue weighted by molar-refractivity contribution is 0.249. The Morgan fingerprint density at radius 2 is 1.89 bits per heavy atom. The quantitative estimate of drug-likeness (QED) is 0.836. The molecule has 3 unspecified atom stereocenters. The summed E-state index contributed by atoms with van der Waals surface area (Å²) in [5.74, 6) is 1.04. The average molecular weight is 282 g/mol. The number of nitrogens with one attached hydrogen (secondary N) is 1. The van der Waals surface area contributed by atoms with Crippen molar-refractivity contribution in [3.05, 3.63) is 24.3 Å². The summed E-state index contributed by atoms with van der Waals surface area (Å²) in [7, 11) is -3.52. The first-order chi connectivity index (χ1) is 8.90. The third-order valence-electron chi connectivity index (χ3n) is 3.95. The van der Waals surface area contributed by atoms with Gasteiger partial charge in [-0.3, -0.25) is 0 Å². The summed E-state index contributed by atoms with van der Waals surface area (Å²) >= 11 is 0. The summed E-state index contributed by atoms with van der Waals surface area (Å²) in [6.07, 6.45) is 3.04. The van der Waals surface area contributed by atoms with Gasteiger partial charge in [-0.15, -0.1) is 0 Å². The first-order valence-electron chi connectivity index (χ1n) is 6.77. The van der Waals surface area contributed by atoms with Crippen LogP contribution in [0.15, 0.2) is 29.2 Å². The second-order valence-electron chi connectivity index (χ2n) is 5.66. The van der Waals surface area contributed by atoms with Crippen LogP contribution in [-0.2, 0) is 10.0 Å².